The fourth-order valence-corrected chi connectivity index (χ4v) is 4.47. The Morgan fingerprint density at radius 2 is 1.89 bits per heavy atom. The van der Waals surface area contributed by atoms with Gasteiger partial charge in [0.05, 0.1) is 12.2 Å². The lowest BCUT2D eigenvalue weighted by molar-refractivity contribution is -0.115. The highest BCUT2D eigenvalue weighted by molar-refractivity contribution is 8.01. The number of thioether (sulfide) groups is 1. The van der Waals surface area contributed by atoms with Crippen LogP contribution in [0.25, 0.3) is 0 Å². The molecule has 0 aliphatic carbocycles. The van der Waals surface area contributed by atoms with E-state index in [4.69, 9.17) is 0 Å². The third-order valence-electron chi connectivity index (χ3n) is 3.54. The first-order valence-electron chi connectivity index (χ1n) is 8.29. The summed E-state index contributed by atoms with van der Waals surface area (Å²) in [4.78, 5) is 25.0. The van der Waals surface area contributed by atoms with Gasteiger partial charge in [0.15, 0.2) is 4.34 Å². The van der Waals surface area contributed by atoms with Gasteiger partial charge in [-0.2, -0.15) is 0 Å². The fourth-order valence-electron chi connectivity index (χ4n) is 2.20. The van der Waals surface area contributed by atoms with Gasteiger partial charge in [-0.15, -0.1) is 21.5 Å². The molecule has 0 fully saturated rings. The van der Waals surface area contributed by atoms with Crippen molar-refractivity contribution in [3.63, 3.8) is 0 Å². The van der Waals surface area contributed by atoms with Crippen molar-refractivity contribution in [2.45, 2.75) is 24.1 Å². The second-order valence-corrected chi connectivity index (χ2v) is 8.80. The highest BCUT2D eigenvalue weighted by atomic mass is 32.2. The lowest BCUT2D eigenvalue weighted by Gasteiger charge is -2.05. The molecular formula is C18H18N4O2S3. The standard InChI is InChI=1S/C18H18N4O2S3/c1-2-12-5-7-13(8-6-12)19-16(24)11-26-18-22-21-17(27-18)20-15(23)10-14-4-3-9-25-14/h3-9H,2,10-11H2,1H3,(H,19,24)(H,20,21,23). The number of rotatable bonds is 8. The van der Waals surface area contributed by atoms with E-state index in [1.54, 1.807) is 0 Å². The average Bonchev–Trinajstić information content (AvgIpc) is 3.32. The number of hydrogen-bond donors (Lipinski definition) is 2. The minimum Gasteiger partial charge on any atom is -0.325 e. The first kappa shape index (κ1) is 19.5. The largest absolute Gasteiger partial charge is 0.325 e. The summed E-state index contributed by atoms with van der Waals surface area (Å²) >= 11 is 4.09. The third-order valence-corrected chi connectivity index (χ3v) is 6.39. The van der Waals surface area contributed by atoms with Crippen molar-refractivity contribution in [2.24, 2.45) is 0 Å². The summed E-state index contributed by atoms with van der Waals surface area (Å²) in [5, 5.41) is 15.9. The highest BCUT2D eigenvalue weighted by Crippen LogP contribution is 2.26. The predicted octanol–water partition coefficient (Wildman–Crippen LogP) is 4.07. The molecule has 0 saturated carbocycles. The zero-order valence-electron chi connectivity index (χ0n) is 14.6. The molecule has 0 atom stereocenters. The van der Waals surface area contributed by atoms with E-state index in [1.165, 1.54) is 40.0 Å². The number of nitrogens with one attached hydrogen (secondary N) is 2. The van der Waals surface area contributed by atoms with Crippen molar-refractivity contribution in [2.75, 3.05) is 16.4 Å². The van der Waals surface area contributed by atoms with E-state index in [0.717, 1.165) is 17.0 Å². The molecule has 0 radical (unpaired) electrons. The molecule has 9 heteroatoms. The van der Waals surface area contributed by atoms with E-state index >= 15 is 0 Å². The summed E-state index contributed by atoms with van der Waals surface area (Å²) in [7, 11) is 0. The lowest BCUT2D eigenvalue weighted by Crippen LogP contribution is -2.13. The van der Waals surface area contributed by atoms with Crippen LogP contribution in [0.1, 0.15) is 17.4 Å². The molecule has 0 aliphatic rings. The Labute approximate surface area is 169 Å². The van der Waals surface area contributed by atoms with Gasteiger partial charge in [0.1, 0.15) is 0 Å². The van der Waals surface area contributed by atoms with Gasteiger partial charge in [0, 0.05) is 10.6 Å². The molecule has 1 aromatic carbocycles. The molecule has 2 N–H and O–H groups in total. The topological polar surface area (TPSA) is 84.0 Å². The summed E-state index contributed by atoms with van der Waals surface area (Å²) in [5.41, 5.74) is 2.00. The maximum atomic E-state index is 12.1. The lowest BCUT2D eigenvalue weighted by atomic mass is 10.1. The third kappa shape index (κ3) is 6.16. The Bertz CT molecular complexity index is 892. The Morgan fingerprint density at radius 3 is 2.59 bits per heavy atom. The van der Waals surface area contributed by atoms with E-state index < -0.39 is 0 Å². The van der Waals surface area contributed by atoms with Crippen molar-refractivity contribution < 1.29 is 9.59 Å². The number of anilines is 2. The molecule has 2 aromatic heterocycles. The molecule has 0 saturated heterocycles. The van der Waals surface area contributed by atoms with Crippen LogP contribution in [0.2, 0.25) is 0 Å². The maximum Gasteiger partial charge on any atom is 0.234 e. The minimum atomic E-state index is -0.126. The van der Waals surface area contributed by atoms with Crippen LogP contribution >= 0.6 is 34.4 Å². The number of nitrogens with zero attached hydrogens (tertiary/aromatic N) is 2. The van der Waals surface area contributed by atoms with Crippen molar-refractivity contribution >= 4 is 57.1 Å². The second kappa shape index (κ2) is 9.63. The SMILES string of the molecule is CCc1ccc(NC(=O)CSc2nnc(NC(=O)Cc3cccs3)s2)cc1. The maximum absolute atomic E-state index is 12.1. The number of thiophene rings is 1. The van der Waals surface area contributed by atoms with Crippen LogP contribution in [0.15, 0.2) is 46.1 Å². The molecule has 0 unspecified atom stereocenters. The van der Waals surface area contributed by atoms with Crippen LogP contribution in [0, 0.1) is 0 Å². The first-order valence-corrected chi connectivity index (χ1v) is 11.0. The smallest absolute Gasteiger partial charge is 0.234 e. The van der Waals surface area contributed by atoms with E-state index in [2.05, 4.69) is 27.8 Å². The molecule has 6 nitrogen and oxygen atoms in total. The van der Waals surface area contributed by atoms with Gasteiger partial charge in [-0.05, 0) is 35.6 Å². The number of carbonyl (C=O) groups excluding carboxylic acids is 2. The summed E-state index contributed by atoms with van der Waals surface area (Å²) in [5.74, 6) is -0.00558. The summed E-state index contributed by atoms with van der Waals surface area (Å²) in [6.45, 7) is 2.09. The zero-order chi connectivity index (χ0) is 19.1. The number of amides is 2. The van der Waals surface area contributed by atoms with Crippen molar-refractivity contribution in [1.82, 2.24) is 10.2 Å². The predicted molar refractivity (Wildman–Crippen MR) is 112 cm³/mol. The van der Waals surface area contributed by atoms with Gasteiger partial charge in [-0.3, -0.25) is 9.59 Å². The van der Waals surface area contributed by atoms with Crippen molar-refractivity contribution in [1.29, 1.82) is 0 Å². The molecule has 3 rings (SSSR count). The molecule has 0 spiro atoms. The monoisotopic (exact) mass is 418 g/mol. The Hall–Kier alpha value is -2.23. The number of hydrogen-bond acceptors (Lipinski definition) is 7. The van der Waals surface area contributed by atoms with E-state index in [0.29, 0.717) is 15.9 Å². The molecule has 27 heavy (non-hydrogen) atoms. The van der Waals surface area contributed by atoms with Crippen LogP contribution < -0.4 is 10.6 Å². The highest BCUT2D eigenvalue weighted by Gasteiger charge is 2.11. The molecule has 3 aromatic rings. The van der Waals surface area contributed by atoms with Crippen molar-refractivity contribution in [3.05, 3.63) is 52.2 Å². The zero-order valence-corrected chi connectivity index (χ0v) is 17.0. The minimum absolute atomic E-state index is 0.109. The van der Waals surface area contributed by atoms with E-state index in [9.17, 15) is 9.59 Å². The van der Waals surface area contributed by atoms with Gasteiger partial charge in [-0.1, -0.05) is 48.2 Å². The van der Waals surface area contributed by atoms with Crippen LogP contribution in [0.4, 0.5) is 10.8 Å². The number of benzene rings is 1. The summed E-state index contributed by atoms with van der Waals surface area (Å²) < 4.78 is 0.637. The summed E-state index contributed by atoms with van der Waals surface area (Å²) in [6, 6.07) is 11.6. The molecular weight excluding hydrogens is 400 g/mol. The van der Waals surface area contributed by atoms with Gasteiger partial charge in [0.25, 0.3) is 0 Å². The average molecular weight is 419 g/mol. The van der Waals surface area contributed by atoms with E-state index in [-0.39, 0.29) is 17.6 Å². The van der Waals surface area contributed by atoms with Crippen LogP contribution in [0.3, 0.4) is 0 Å². The first-order chi connectivity index (χ1) is 13.1. The number of aryl methyl sites for hydroxylation is 1. The van der Waals surface area contributed by atoms with Gasteiger partial charge in [-0.25, -0.2) is 0 Å². The van der Waals surface area contributed by atoms with Crippen molar-refractivity contribution in [3.8, 4) is 0 Å². The normalized spacial score (nSPS) is 10.6. The molecule has 2 amide bonds. The fraction of sp³-hybridized carbons (Fsp3) is 0.222. The molecule has 140 valence electrons. The number of carbonyl (C=O) groups is 2. The molecule has 2 heterocycles. The molecule has 0 bridgehead atoms. The van der Waals surface area contributed by atoms with Crippen LogP contribution in [-0.4, -0.2) is 27.8 Å². The Kier molecular flexibility index (Phi) is 6.97. The van der Waals surface area contributed by atoms with Crippen LogP contribution in [-0.2, 0) is 22.4 Å². The van der Waals surface area contributed by atoms with E-state index in [1.807, 2.05) is 41.8 Å². The molecule has 0 aliphatic heterocycles. The Morgan fingerprint density at radius 1 is 1.07 bits per heavy atom. The van der Waals surface area contributed by atoms with Crippen LogP contribution in [0.5, 0.6) is 0 Å². The second-order valence-electron chi connectivity index (χ2n) is 5.56. The summed E-state index contributed by atoms with van der Waals surface area (Å²) in [6.07, 6.45) is 1.28. The quantitative estimate of drug-likeness (QED) is 0.425. The van der Waals surface area contributed by atoms with Gasteiger partial charge >= 0.3 is 0 Å². The Balaban J connectivity index is 1.44. The van der Waals surface area contributed by atoms with Gasteiger partial charge < -0.3 is 10.6 Å². The number of aromatic nitrogens is 2. The van der Waals surface area contributed by atoms with Gasteiger partial charge in [0.2, 0.25) is 16.9 Å².